The maximum atomic E-state index is 5.64. The fourth-order valence-electron chi connectivity index (χ4n) is 2.82. The Morgan fingerprint density at radius 3 is 2.32 bits per heavy atom. The number of hydrogen-bond acceptors (Lipinski definition) is 2. The zero-order chi connectivity index (χ0) is 15.8. The minimum absolute atomic E-state index is 0.392. The molecule has 0 amide bonds. The molecule has 2 aromatic rings. The first-order valence-electron chi connectivity index (χ1n) is 8.48. The fraction of sp³-hybridized carbons (Fsp3) is 0.500. The molecule has 0 bridgehead atoms. The zero-order valence-electron chi connectivity index (χ0n) is 14.1. The topological polar surface area (TPSA) is 25.2 Å². The Kier molecular flexibility index (Phi) is 6.73. The van der Waals surface area contributed by atoms with E-state index in [9.17, 15) is 0 Å². The van der Waals surface area contributed by atoms with Crippen molar-refractivity contribution in [3.05, 3.63) is 60.1 Å². The van der Waals surface area contributed by atoms with Crippen LogP contribution in [0, 0.1) is 5.92 Å². The third-order valence-electron chi connectivity index (χ3n) is 4.28. The van der Waals surface area contributed by atoms with Crippen LogP contribution in [0.2, 0.25) is 0 Å². The number of hydrogen-bond donors (Lipinski definition) is 1. The first-order valence-corrected chi connectivity index (χ1v) is 8.48. The van der Waals surface area contributed by atoms with Gasteiger partial charge in [-0.05, 0) is 49.9 Å². The monoisotopic (exact) mass is 299 g/mol. The summed E-state index contributed by atoms with van der Waals surface area (Å²) >= 11 is 0. The molecular formula is C20H29NO. The van der Waals surface area contributed by atoms with Gasteiger partial charge in [-0.3, -0.25) is 0 Å². The number of nitrogens with one attached hydrogen (secondary N) is 1. The van der Waals surface area contributed by atoms with Crippen LogP contribution in [0.15, 0.2) is 53.1 Å². The third kappa shape index (κ3) is 5.34. The lowest BCUT2D eigenvalue weighted by Gasteiger charge is -2.19. The van der Waals surface area contributed by atoms with E-state index in [4.69, 9.17) is 4.42 Å². The van der Waals surface area contributed by atoms with Crippen LogP contribution >= 0.6 is 0 Å². The van der Waals surface area contributed by atoms with E-state index < -0.39 is 0 Å². The van der Waals surface area contributed by atoms with Crippen molar-refractivity contribution < 1.29 is 4.42 Å². The van der Waals surface area contributed by atoms with E-state index in [2.05, 4.69) is 62.5 Å². The molecule has 2 rings (SSSR count). The summed E-state index contributed by atoms with van der Waals surface area (Å²) in [6.45, 7) is 7.81. The molecule has 0 saturated heterocycles. The van der Waals surface area contributed by atoms with E-state index in [1.807, 2.05) is 6.07 Å². The molecule has 0 spiro atoms. The van der Waals surface area contributed by atoms with Crippen molar-refractivity contribution >= 4 is 0 Å². The van der Waals surface area contributed by atoms with Crippen molar-refractivity contribution in [2.24, 2.45) is 5.92 Å². The predicted molar refractivity (Wildman–Crippen MR) is 93.0 cm³/mol. The van der Waals surface area contributed by atoms with Crippen LogP contribution < -0.4 is 5.32 Å². The SMILES string of the molecule is CC(C)CC[C@@H](CCN[C@H](C)c1ccccc1)c1ccco1. The summed E-state index contributed by atoms with van der Waals surface area (Å²) in [4.78, 5) is 0. The molecule has 2 heteroatoms. The Morgan fingerprint density at radius 2 is 1.68 bits per heavy atom. The summed E-state index contributed by atoms with van der Waals surface area (Å²) in [6.07, 6.45) is 5.36. The van der Waals surface area contributed by atoms with Gasteiger partial charge in [0.25, 0.3) is 0 Å². The molecule has 1 aromatic heterocycles. The normalized spacial score (nSPS) is 14.2. The van der Waals surface area contributed by atoms with Crippen LogP contribution in [0.4, 0.5) is 0 Å². The van der Waals surface area contributed by atoms with E-state index in [0.717, 1.165) is 24.6 Å². The molecule has 22 heavy (non-hydrogen) atoms. The lowest BCUT2D eigenvalue weighted by molar-refractivity contribution is 0.392. The largest absolute Gasteiger partial charge is 0.469 e. The van der Waals surface area contributed by atoms with Crippen LogP contribution in [0.3, 0.4) is 0 Å². The first kappa shape index (κ1) is 16.8. The van der Waals surface area contributed by atoms with Gasteiger partial charge in [0.15, 0.2) is 0 Å². The molecule has 1 N–H and O–H groups in total. The summed E-state index contributed by atoms with van der Waals surface area (Å²) in [6, 6.07) is 15.1. The van der Waals surface area contributed by atoms with E-state index >= 15 is 0 Å². The van der Waals surface area contributed by atoms with E-state index in [1.165, 1.54) is 18.4 Å². The van der Waals surface area contributed by atoms with E-state index in [0.29, 0.717) is 12.0 Å². The van der Waals surface area contributed by atoms with Crippen LogP contribution in [-0.4, -0.2) is 6.54 Å². The van der Waals surface area contributed by atoms with Gasteiger partial charge < -0.3 is 9.73 Å². The smallest absolute Gasteiger partial charge is 0.106 e. The van der Waals surface area contributed by atoms with E-state index in [1.54, 1.807) is 6.26 Å². The molecule has 0 radical (unpaired) electrons. The van der Waals surface area contributed by atoms with Gasteiger partial charge in [0.2, 0.25) is 0 Å². The zero-order valence-corrected chi connectivity index (χ0v) is 14.1. The summed E-state index contributed by atoms with van der Waals surface area (Å²) in [5.74, 6) is 2.40. The van der Waals surface area contributed by atoms with E-state index in [-0.39, 0.29) is 0 Å². The minimum atomic E-state index is 0.392. The molecule has 1 aromatic carbocycles. The lowest BCUT2D eigenvalue weighted by Crippen LogP contribution is -2.21. The predicted octanol–water partition coefficient (Wildman–Crippen LogP) is 5.54. The molecule has 0 aliphatic carbocycles. The minimum Gasteiger partial charge on any atom is -0.469 e. The van der Waals surface area contributed by atoms with Gasteiger partial charge in [-0.25, -0.2) is 0 Å². The number of furan rings is 1. The molecule has 0 saturated carbocycles. The van der Waals surface area contributed by atoms with Gasteiger partial charge in [-0.2, -0.15) is 0 Å². The van der Waals surface area contributed by atoms with Gasteiger partial charge in [-0.1, -0.05) is 50.6 Å². The van der Waals surface area contributed by atoms with Gasteiger partial charge >= 0.3 is 0 Å². The Balaban J connectivity index is 1.83. The van der Waals surface area contributed by atoms with Crippen molar-refractivity contribution in [3.63, 3.8) is 0 Å². The molecule has 0 aliphatic rings. The summed E-state index contributed by atoms with van der Waals surface area (Å²) < 4.78 is 5.64. The highest BCUT2D eigenvalue weighted by Gasteiger charge is 2.15. The molecule has 0 fully saturated rings. The van der Waals surface area contributed by atoms with Crippen molar-refractivity contribution in [2.75, 3.05) is 6.54 Å². The molecule has 0 unspecified atom stereocenters. The Labute approximate surface area is 134 Å². The average Bonchev–Trinajstić information content (AvgIpc) is 3.05. The summed E-state index contributed by atoms with van der Waals surface area (Å²) in [5.41, 5.74) is 1.35. The van der Waals surface area contributed by atoms with Crippen molar-refractivity contribution in [3.8, 4) is 0 Å². The van der Waals surface area contributed by atoms with Crippen LogP contribution in [0.5, 0.6) is 0 Å². The van der Waals surface area contributed by atoms with Crippen LogP contribution in [0.25, 0.3) is 0 Å². The highest BCUT2D eigenvalue weighted by Crippen LogP contribution is 2.27. The van der Waals surface area contributed by atoms with Crippen molar-refractivity contribution in [1.82, 2.24) is 5.32 Å². The second-order valence-corrected chi connectivity index (χ2v) is 6.56. The molecule has 120 valence electrons. The summed E-state index contributed by atoms with van der Waals surface area (Å²) in [5, 5.41) is 3.64. The van der Waals surface area contributed by atoms with Crippen molar-refractivity contribution in [1.29, 1.82) is 0 Å². The van der Waals surface area contributed by atoms with Gasteiger partial charge in [0.05, 0.1) is 6.26 Å². The molecule has 0 aliphatic heterocycles. The highest BCUT2D eigenvalue weighted by atomic mass is 16.3. The standard InChI is InChI=1S/C20H29NO/c1-16(2)11-12-19(20-10-7-15-22-20)13-14-21-17(3)18-8-5-4-6-9-18/h4-10,15-17,19,21H,11-14H2,1-3H3/t17-,19+/m1/s1. The molecule has 2 atom stereocenters. The number of benzene rings is 1. The highest BCUT2D eigenvalue weighted by molar-refractivity contribution is 5.18. The van der Waals surface area contributed by atoms with Crippen LogP contribution in [0.1, 0.15) is 63.3 Å². The van der Waals surface area contributed by atoms with Crippen molar-refractivity contribution in [2.45, 2.75) is 52.0 Å². The molecule has 2 nitrogen and oxygen atoms in total. The Hall–Kier alpha value is -1.54. The second kappa shape index (κ2) is 8.79. The quantitative estimate of drug-likeness (QED) is 0.657. The second-order valence-electron chi connectivity index (χ2n) is 6.56. The van der Waals surface area contributed by atoms with Crippen LogP contribution in [-0.2, 0) is 0 Å². The van der Waals surface area contributed by atoms with Gasteiger partial charge in [0.1, 0.15) is 5.76 Å². The first-order chi connectivity index (χ1) is 10.7. The van der Waals surface area contributed by atoms with Gasteiger partial charge in [-0.15, -0.1) is 0 Å². The fourth-order valence-corrected chi connectivity index (χ4v) is 2.82. The maximum absolute atomic E-state index is 5.64. The third-order valence-corrected chi connectivity index (χ3v) is 4.28. The molecule has 1 heterocycles. The lowest BCUT2D eigenvalue weighted by atomic mass is 9.93. The van der Waals surface area contributed by atoms with Gasteiger partial charge in [0, 0.05) is 12.0 Å². The number of rotatable bonds is 9. The average molecular weight is 299 g/mol. The molecular weight excluding hydrogens is 270 g/mol. The maximum Gasteiger partial charge on any atom is 0.106 e. The Morgan fingerprint density at radius 1 is 0.909 bits per heavy atom. The summed E-state index contributed by atoms with van der Waals surface area (Å²) in [7, 11) is 0. The Bertz CT molecular complexity index is 504.